The van der Waals surface area contributed by atoms with Gasteiger partial charge in [0, 0.05) is 18.6 Å². The van der Waals surface area contributed by atoms with Crippen molar-refractivity contribution in [3.63, 3.8) is 0 Å². The van der Waals surface area contributed by atoms with Crippen molar-refractivity contribution in [1.29, 1.82) is 0 Å². The van der Waals surface area contributed by atoms with Crippen LogP contribution in [0, 0.1) is 0 Å². The van der Waals surface area contributed by atoms with Crippen LogP contribution in [-0.4, -0.2) is 20.9 Å². The molecule has 6 nitrogen and oxygen atoms in total. The Bertz CT molecular complexity index is 480. The van der Waals surface area contributed by atoms with E-state index in [1.165, 1.54) is 0 Å². The van der Waals surface area contributed by atoms with Crippen LogP contribution in [0.3, 0.4) is 0 Å². The van der Waals surface area contributed by atoms with Crippen LogP contribution in [0.25, 0.3) is 0 Å². The maximum atomic E-state index is 11.7. The third-order valence-corrected chi connectivity index (χ3v) is 2.05. The topological polar surface area (TPSA) is 96.7 Å². The van der Waals surface area contributed by atoms with Crippen molar-refractivity contribution in [2.45, 2.75) is 6.54 Å². The van der Waals surface area contributed by atoms with Gasteiger partial charge in [-0.05, 0) is 12.1 Å². The first-order valence-corrected chi connectivity index (χ1v) is 4.74. The predicted molar refractivity (Wildman–Crippen MR) is 58.4 cm³/mol. The number of pyridine rings is 1. The second kappa shape index (κ2) is 4.43. The van der Waals surface area contributed by atoms with Gasteiger partial charge in [0.15, 0.2) is 0 Å². The molecule has 0 unspecified atom stereocenters. The number of hydrogen-bond donors (Lipinski definition) is 3. The molecule has 0 spiro atoms. The fourth-order valence-electron chi connectivity index (χ4n) is 1.26. The van der Waals surface area contributed by atoms with Crippen molar-refractivity contribution in [2.75, 3.05) is 5.73 Å². The molecule has 0 aromatic carbocycles. The molecule has 1 amide bonds. The molecule has 0 radical (unpaired) electrons. The molecule has 2 aromatic heterocycles. The average molecular weight is 217 g/mol. The SMILES string of the molecule is Nc1ncccc1C(=O)NCc1ncc[nH]1. The number of nitrogen functional groups attached to an aromatic ring is 1. The van der Waals surface area contributed by atoms with Crippen LogP contribution in [0.15, 0.2) is 30.7 Å². The zero-order valence-electron chi connectivity index (χ0n) is 8.47. The van der Waals surface area contributed by atoms with Gasteiger partial charge in [0.1, 0.15) is 11.6 Å². The highest BCUT2D eigenvalue weighted by Crippen LogP contribution is 2.06. The molecule has 82 valence electrons. The lowest BCUT2D eigenvalue weighted by atomic mass is 10.2. The second-order valence-electron chi connectivity index (χ2n) is 3.15. The first-order chi connectivity index (χ1) is 7.77. The van der Waals surface area contributed by atoms with Crippen LogP contribution in [0.5, 0.6) is 0 Å². The number of carbonyl (C=O) groups excluding carboxylic acids is 1. The van der Waals surface area contributed by atoms with Crippen LogP contribution in [0.2, 0.25) is 0 Å². The van der Waals surface area contributed by atoms with Crippen molar-refractivity contribution in [2.24, 2.45) is 0 Å². The molecule has 0 aliphatic carbocycles. The molecule has 0 atom stereocenters. The minimum absolute atomic E-state index is 0.222. The summed E-state index contributed by atoms with van der Waals surface area (Å²) in [7, 11) is 0. The van der Waals surface area contributed by atoms with E-state index in [9.17, 15) is 4.79 Å². The van der Waals surface area contributed by atoms with E-state index in [2.05, 4.69) is 20.3 Å². The number of amides is 1. The number of aromatic amines is 1. The zero-order chi connectivity index (χ0) is 11.4. The largest absolute Gasteiger partial charge is 0.383 e. The van der Waals surface area contributed by atoms with Crippen LogP contribution in [-0.2, 0) is 6.54 Å². The third kappa shape index (κ3) is 2.17. The summed E-state index contributed by atoms with van der Waals surface area (Å²) < 4.78 is 0. The number of imidazole rings is 1. The Kier molecular flexibility index (Phi) is 2.81. The number of H-pyrrole nitrogens is 1. The monoisotopic (exact) mass is 217 g/mol. The third-order valence-electron chi connectivity index (χ3n) is 2.05. The number of hydrogen-bond acceptors (Lipinski definition) is 4. The predicted octanol–water partition coefficient (Wildman–Crippen LogP) is 0.317. The molecule has 0 aliphatic heterocycles. The molecule has 0 saturated heterocycles. The molecule has 0 bridgehead atoms. The Morgan fingerprint density at radius 2 is 2.31 bits per heavy atom. The maximum absolute atomic E-state index is 11.7. The number of rotatable bonds is 3. The summed E-state index contributed by atoms with van der Waals surface area (Å²) in [5.74, 6) is 0.650. The van der Waals surface area contributed by atoms with E-state index in [-0.39, 0.29) is 11.7 Å². The van der Waals surface area contributed by atoms with E-state index in [0.717, 1.165) is 0 Å². The number of carbonyl (C=O) groups is 1. The molecule has 6 heteroatoms. The molecule has 2 heterocycles. The Balaban J connectivity index is 2.01. The summed E-state index contributed by atoms with van der Waals surface area (Å²) in [4.78, 5) is 22.4. The van der Waals surface area contributed by atoms with Gasteiger partial charge < -0.3 is 16.0 Å². The van der Waals surface area contributed by atoms with Gasteiger partial charge in [0.05, 0.1) is 12.1 Å². The van der Waals surface area contributed by atoms with Gasteiger partial charge in [0.25, 0.3) is 5.91 Å². The quantitative estimate of drug-likeness (QED) is 0.689. The molecular formula is C10H11N5O. The lowest BCUT2D eigenvalue weighted by Gasteiger charge is -2.04. The van der Waals surface area contributed by atoms with Gasteiger partial charge >= 0.3 is 0 Å². The van der Waals surface area contributed by atoms with E-state index >= 15 is 0 Å². The highest BCUT2D eigenvalue weighted by atomic mass is 16.1. The van der Waals surface area contributed by atoms with E-state index in [1.54, 1.807) is 30.7 Å². The van der Waals surface area contributed by atoms with Gasteiger partial charge in [-0.3, -0.25) is 4.79 Å². The zero-order valence-corrected chi connectivity index (χ0v) is 8.47. The van der Waals surface area contributed by atoms with Crippen LogP contribution >= 0.6 is 0 Å². The van der Waals surface area contributed by atoms with Crippen molar-refractivity contribution in [1.82, 2.24) is 20.3 Å². The number of nitrogens with zero attached hydrogens (tertiary/aromatic N) is 2. The summed E-state index contributed by atoms with van der Waals surface area (Å²) >= 11 is 0. The van der Waals surface area contributed by atoms with E-state index < -0.39 is 0 Å². The van der Waals surface area contributed by atoms with Crippen molar-refractivity contribution < 1.29 is 4.79 Å². The average Bonchev–Trinajstić information content (AvgIpc) is 2.79. The second-order valence-corrected chi connectivity index (χ2v) is 3.15. The van der Waals surface area contributed by atoms with Crippen molar-refractivity contribution in [3.05, 3.63) is 42.1 Å². The smallest absolute Gasteiger partial charge is 0.255 e. The molecule has 16 heavy (non-hydrogen) atoms. The summed E-state index contributed by atoms with van der Waals surface area (Å²) in [6, 6.07) is 3.29. The summed E-state index contributed by atoms with van der Waals surface area (Å²) in [6.45, 7) is 0.333. The van der Waals surface area contributed by atoms with Gasteiger partial charge in [-0.25, -0.2) is 9.97 Å². The number of anilines is 1. The number of nitrogens with one attached hydrogen (secondary N) is 2. The van der Waals surface area contributed by atoms with Gasteiger partial charge in [-0.15, -0.1) is 0 Å². The van der Waals surface area contributed by atoms with E-state index in [0.29, 0.717) is 17.9 Å². The minimum atomic E-state index is -0.262. The van der Waals surface area contributed by atoms with Crippen molar-refractivity contribution in [3.8, 4) is 0 Å². The maximum Gasteiger partial charge on any atom is 0.255 e. The van der Waals surface area contributed by atoms with E-state index in [1.807, 2.05) is 0 Å². The summed E-state index contributed by atoms with van der Waals surface area (Å²) in [6.07, 6.45) is 4.86. The summed E-state index contributed by atoms with van der Waals surface area (Å²) in [5.41, 5.74) is 5.94. The minimum Gasteiger partial charge on any atom is -0.383 e. The molecule has 2 aromatic rings. The molecule has 0 aliphatic rings. The Morgan fingerprint density at radius 3 is 3.00 bits per heavy atom. The Labute approximate surface area is 91.9 Å². The van der Waals surface area contributed by atoms with Gasteiger partial charge in [0.2, 0.25) is 0 Å². The molecule has 0 fully saturated rings. The first kappa shape index (κ1) is 10.2. The lowest BCUT2D eigenvalue weighted by molar-refractivity contribution is 0.0950. The summed E-state index contributed by atoms with van der Waals surface area (Å²) in [5, 5.41) is 2.69. The molecule has 0 saturated carbocycles. The number of nitrogens with two attached hydrogens (primary N) is 1. The Morgan fingerprint density at radius 1 is 1.44 bits per heavy atom. The highest BCUT2D eigenvalue weighted by molar-refractivity contribution is 5.98. The standard InChI is InChI=1S/C10H11N5O/c11-9-7(2-1-3-14-9)10(16)15-6-8-12-4-5-13-8/h1-5H,6H2,(H2,11,14)(H,12,13)(H,15,16). The van der Waals surface area contributed by atoms with Crippen molar-refractivity contribution >= 4 is 11.7 Å². The highest BCUT2D eigenvalue weighted by Gasteiger charge is 2.09. The van der Waals surface area contributed by atoms with Crippen LogP contribution < -0.4 is 11.1 Å². The van der Waals surface area contributed by atoms with Crippen LogP contribution in [0.4, 0.5) is 5.82 Å². The van der Waals surface area contributed by atoms with E-state index in [4.69, 9.17) is 5.73 Å². The fourth-order valence-corrected chi connectivity index (χ4v) is 1.26. The fraction of sp³-hybridized carbons (Fsp3) is 0.100. The van der Waals surface area contributed by atoms with Gasteiger partial charge in [-0.2, -0.15) is 0 Å². The lowest BCUT2D eigenvalue weighted by Crippen LogP contribution is -2.24. The Hall–Kier alpha value is -2.37. The molecule has 2 rings (SSSR count). The number of aromatic nitrogens is 3. The first-order valence-electron chi connectivity index (χ1n) is 4.74. The molecule has 4 N–H and O–H groups in total. The normalized spacial score (nSPS) is 10.0. The van der Waals surface area contributed by atoms with Gasteiger partial charge in [-0.1, -0.05) is 0 Å². The van der Waals surface area contributed by atoms with Crippen LogP contribution in [0.1, 0.15) is 16.2 Å². The molecular weight excluding hydrogens is 206 g/mol.